The zero-order valence-corrected chi connectivity index (χ0v) is 14.5. The maximum Gasteiger partial charge on any atom is 0.333 e. The summed E-state index contributed by atoms with van der Waals surface area (Å²) in [4.78, 5) is 23.1. The van der Waals surface area contributed by atoms with E-state index in [0.717, 1.165) is 0 Å². The average molecular weight is 322 g/mol. The first-order valence-corrected chi connectivity index (χ1v) is 7.11. The third kappa shape index (κ3) is 8.04. The molecular weight excluding hydrogens is 296 g/mol. The fraction of sp³-hybridized carbons (Fsp3) is 0.444. The molecule has 0 aliphatic rings. The maximum atomic E-state index is 11.6. The zero-order chi connectivity index (χ0) is 18.2. The highest BCUT2D eigenvalue weighted by molar-refractivity contribution is 5.87. The summed E-state index contributed by atoms with van der Waals surface area (Å²) < 4.78 is 15.9. The third-order valence-corrected chi connectivity index (χ3v) is 2.87. The number of esters is 2. The smallest absolute Gasteiger partial charge is 0.333 e. The van der Waals surface area contributed by atoms with Crippen LogP contribution in [0.5, 0.6) is 0 Å². The van der Waals surface area contributed by atoms with Crippen LogP contribution < -0.4 is 0 Å². The van der Waals surface area contributed by atoms with Crippen LogP contribution in [0.2, 0.25) is 0 Å². The van der Waals surface area contributed by atoms with Gasteiger partial charge in [0.05, 0.1) is 5.41 Å². The first-order chi connectivity index (χ1) is 10.5. The van der Waals surface area contributed by atoms with Gasteiger partial charge in [0.2, 0.25) is 0 Å². The first kappa shape index (κ1) is 20.7. The van der Waals surface area contributed by atoms with Crippen LogP contribution in [0.15, 0.2) is 48.8 Å². The molecule has 0 aromatic rings. The molecule has 23 heavy (non-hydrogen) atoms. The van der Waals surface area contributed by atoms with Crippen LogP contribution in [0.4, 0.5) is 0 Å². The fourth-order valence-electron chi connectivity index (χ4n) is 1.24. The van der Waals surface area contributed by atoms with Gasteiger partial charge in [-0.1, -0.05) is 26.3 Å². The summed E-state index contributed by atoms with van der Waals surface area (Å²) in [6.45, 7) is 21.3. The number of hydrogen-bond acceptors (Lipinski definition) is 5. The highest BCUT2D eigenvalue weighted by Crippen LogP contribution is 2.22. The van der Waals surface area contributed by atoms with Crippen molar-refractivity contribution < 1.29 is 23.8 Å². The van der Waals surface area contributed by atoms with E-state index >= 15 is 0 Å². The Morgan fingerprint density at radius 1 is 0.739 bits per heavy atom. The van der Waals surface area contributed by atoms with Gasteiger partial charge in [-0.2, -0.15) is 0 Å². The van der Waals surface area contributed by atoms with Crippen LogP contribution in [-0.2, 0) is 23.8 Å². The van der Waals surface area contributed by atoms with Gasteiger partial charge in [0.25, 0.3) is 0 Å². The number of hydrogen-bond donors (Lipinski definition) is 0. The van der Waals surface area contributed by atoms with Crippen molar-refractivity contribution in [3.63, 3.8) is 0 Å². The molecular formula is C18H26O5. The number of ether oxygens (including phenoxy) is 3. The number of rotatable bonds is 10. The molecule has 0 unspecified atom stereocenters. The summed E-state index contributed by atoms with van der Waals surface area (Å²) >= 11 is 0. The van der Waals surface area contributed by atoms with Crippen molar-refractivity contribution in [3.05, 3.63) is 48.8 Å². The SMILES string of the molecule is C=C(C)C(=C)OCC(C)(COC(=O)C(=C)C)COC(=O)C(=C)C. The lowest BCUT2D eigenvalue weighted by Crippen LogP contribution is -2.36. The predicted octanol–water partition coefficient (Wildman–Crippen LogP) is 3.34. The summed E-state index contributed by atoms with van der Waals surface area (Å²) in [5.41, 5.74) is 0.525. The Morgan fingerprint density at radius 2 is 1.09 bits per heavy atom. The molecule has 0 rings (SSSR count). The molecule has 0 heterocycles. The fourth-order valence-corrected chi connectivity index (χ4v) is 1.24. The third-order valence-electron chi connectivity index (χ3n) is 2.87. The van der Waals surface area contributed by atoms with Gasteiger partial charge in [-0.15, -0.1) is 0 Å². The second kappa shape index (κ2) is 8.98. The number of carbonyl (C=O) groups excluding carboxylic acids is 2. The van der Waals surface area contributed by atoms with E-state index < -0.39 is 17.4 Å². The van der Waals surface area contributed by atoms with E-state index in [1.165, 1.54) is 0 Å². The highest BCUT2D eigenvalue weighted by Gasteiger charge is 2.30. The molecule has 0 fully saturated rings. The number of carbonyl (C=O) groups is 2. The van der Waals surface area contributed by atoms with Crippen LogP contribution in [0.3, 0.4) is 0 Å². The van der Waals surface area contributed by atoms with Gasteiger partial charge in [-0.05, 0) is 33.3 Å². The average Bonchev–Trinajstić information content (AvgIpc) is 2.47. The molecule has 0 N–H and O–H groups in total. The minimum absolute atomic E-state index is 0.00559. The maximum absolute atomic E-state index is 11.6. The molecule has 0 bridgehead atoms. The lowest BCUT2D eigenvalue weighted by Gasteiger charge is -2.29. The Bertz CT molecular complexity index is 453. The van der Waals surface area contributed by atoms with Crippen LogP contribution >= 0.6 is 0 Å². The Morgan fingerprint density at radius 3 is 1.39 bits per heavy atom. The van der Waals surface area contributed by atoms with Crippen LogP contribution in [0, 0.1) is 5.41 Å². The molecule has 0 aliphatic carbocycles. The van der Waals surface area contributed by atoms with E-state index in [1.807, 2.05) is 0 Å². The Balaban J connectivity index is 4.87. The van der Waals surface area contributed by atoms with Gasteiger partial charge in [0.15, 0.2) is 0 Å². The van der Waals surface area contributed by atoms with Crippen molar-refractivity contribution in [1.82, 2.24) is 0 Å². The van der Waals surface area contributed by atoms with Gasteiger partial charge in [-0.3, -0.25) is 0 Å². The van der Waals surface area contributed by atoms with E-state index in [4.69, 9.17) is 14.2 Å². The molecule has 0 spiro atoms. The molecule has 5 heteroatoms. The van der Waals surface area contributed by atoms with Crippen molar-refractivity contribution in [2.45, 2.75) is 27.7 Å². The van der Waals surface area contributed by atoms with Crippen molar-refractivity contribution in [2.24, 2.45) is 5.41 Å². The molecule has 5 nitrogen and oxygen atoms in total. The molecule has 0 aromatic heterocycles. The standard InChI is InChI=1S/C18H26O5/c1-12(2)15(7)21-9-18(8,10-22-16(19)13(3)4)11-23-17(20)14(5)6/h1,3,5,7,9-11H2,2,4,6,8H3. The molecule has 0 saturated carbocycles. The number of allylic oxidation sites excluding steroid dienone is 1. The minimum atomic E-state index is -0.741. The molecule has 128 valence electrons. The predicted molar refractivity (Wildman–Crippen MR) is 89.6 cm³/mol. The summed E-state index contributed by atoms with van der Waals surface area (Å²) in [5, 5.41) is 0. The van der Waals surface area contributed by atoms with Gasteiger partial charge in [0, 0.05) is 11.1 Å². The largest absolute Gasteiger partial charge is 0.493 e. The molecule has 0 amide bonds. The highest BCUT2D eigenvalue weighted by atomic mass is 16.6. The van der Waals surface area contributed by atoms with Gasteiger partial charge in [-0.25, -0.2) is 9.59 Å². The second-order valence-electron chi connectivity index (χ2n) is 6.02. The van der Waals surface area contributed by atoms with Gasteiger partial charge >= 0.3 is 11.9 Å². The zero-order valence-electron chi connectivity index (χ0n) is 14.5. The summed E-state index contributed by atoms with van der Waals surface area (Å²) in [7, 11) is 0. The molecule has 0 saturated heterocycles. The van der Waals surface area contributed by atoms with E-state index in [9.17, 15) is 9.59 Å². The topological polar surface area (TPSA) is 61.8 Å². The van der Waals surface area contributed by atoms with Crippen LogP contribution in [-0.4, -0.2) is 31.8 Å². The Labute approximate surface area is 138 Å². The van der Waals surface area contributed by atoms with Crippen LogP contribution in [0.25, 0.3) is 0 Å². The van der Waals surface area contributed by atoms with Gasteiger partial charge < -0.3 is 14.2 Å². The van der Waals surface area contributed by atoms with E-state index in [-0.39, 0.29) is 19.8 Å². The Kier molecular flexibility index (Phi) is 8.08. The molecule has 0 aliphatic heterocycles. The molecule has 0 atom stereocenters. The lowest BCUT2D eigenvalue weighted by molar-refractivity contribution is -0.150. The lowest BCUT2D eigenvalue weighted by atomic mass is 9.94. The van der Waals surface area contributed by atoms with Gasteiger partial charge in [0.1, 0.15) is 25.6 Å². The summed E-state index contributed by atoms with van der Waals surface area (Å²) in [6.07, 6.45) is 0. The molecule has 0 aromatic carbocycles. The van der Waals surface area contributed by atoms with Crippen LogP contribution in [0.1, 0.15) is 27.7 Å². The summed E-state index contributed by atoms with van der Waals surface area (Å²) in [6, 6.07) is 0. The van der Waals surface area contributed by atoms with Crippen molar-refractivity contribution in [2.75, 3.05) is 19.8 Å². The normalized spacial score (nSPS) is 10.4. The van der Waals surface area contributed by atoms with E-state index in [2.05, 4.69) is 26.3 Å². The minimum Gasteiger partial charge on any atom is -0.493 e. The quantitative estimate of drug-likeness (QED) is 0.267. The summed E-state index contributed by atoms with van der Waals surface area (Å²) in [5.74, 6) is -0.601. The van der Waals surface area contributed by atoms with Crippen molar-refractivity contribution >= 4 is 11.9 Å². The van der Waals surface area contributed by atoms with Crippen molar-refractivity contribution in [1.29, 1.82) is 0 Å². The van der Waals surface area contributed by atoms with Crippen molar-refractivity contribution in [3.8, 4) is 0 Å². The van der Waals surface area contributed by atoms with E-state index in [0.29, 0.717) is 22.5 Å². The second-order valence-corrected chi connectivity index (χ2v) is 6.02. The first-order valence-electron chi connectivity index (χ1n) is 7.11. The Hall–Kier alpha value is -2.30. The monoisotopic (exact) mass is 322 g/mol. The molecule has 0 radical (unpaired) electrons. The van der Waals surface area contributed by atoms with E-state index in [1.54, 1.807) is 27.7 Å².